The summed E-state index contributed by atoms with van der Waals surface area (Å²) in [5.74, 6) is 2.26. The Morgan fingerprint density at radius 1 is 1.33 bits per heavy atom. The van der Waals surface area contributed by atoms with Crippen molar-refractivity contribution in [3.8, 4) is 11.5 Å². The first-order chi connectivity index (χ1) is 11.6. The van der Waals surface area contributed by atoms with Crippen LogP contribution in [0.15, 0.2) is 24.4 Å². The smallest absolute Gasteiger partial charge is 0.323 e. The molecule has 128 valence electrons. The lowest BCUT2D eigenvalue weighted by Crippen LogP contribution is -2.32. The number of methoxy groups -OCH3 is 2. The lowest BCUT2D eigenvalue weighted by Gasteiger charge is -2.18. The van der Waals surface area contributed by atoms with Crippen LogP contribution in [0.1, 0.15) is 17.9 Å². The molecule has 1 atom stereocenters. The molecule has 0 radical (unpaired) electrons. The number of aryl methyl sites for hydroxylation is 1. The van der Waals surface area contributed by atoms with Gasteiger partial charge in [-0.3, -0.25) is 10.00 Å². The number of ether oxygens (including phenoxy) is 2. The number of amides is 2. The number of anilines is 1. The Kier molecular flexibility index (Phi) is 4.54. The number of carbonyl (C=O) groups excluding carboxylic acids is 1. The zero-order valence-electron chi connectivity index (χ0n) is 14.0. The third-order valence-electron chi connectivity index (χ3n) is 4.19. The minimum Gasteiger partial charge on any atom is -0.497 e. The SMILES string of the molecule is COc1ccc(OC)c([C@@H]2CCN(C(=O)Nc3cn(C)nn3)C2)c1. The van der Waals surface area contributed by atoms with Crippen molar-refractivity contribution in [2.24, 2.45) is 7.05 Å². The number of nitrogens with one attached hydrogen (secondary N) is 1. The second-order valence-corrected chi connectivity index (χ2v) is 5.75. The van der Waals surface area contributed by atoms with Crippen molar-refractivity contribution in [1.82, 2.24) is 19.9 Å². The molecule has 1 N–H and O–H groups in total. The summed E-state index contributed by atoms with van der Waals surface area (Å²) in [7, 11) is 5.04. The van der Waals surface area contributed by atoms with Crippen molar-refractivity contribution in [2.45, 2.75) is 12.3 Å². The van der Waals surface area contributed by atoms with E-state index in [0.717, 1.165) is 23.5 Å². The van der Waals surface area contributed by atoms with E-state index in [-0.39, 0.29) is 11.9 Å². The summed E-state index contributed by atoms with van der Waals surface area (Å²) in [5, 5.41) is 10.4. The van der Waals surface area contributed by atoms with Gasteiger partial charge in [0.05, 0.1) is 20.4 Å². The van der Waals surface area contributed by atoms with E-state index in [2.05, 4.69) is 15.6 Å². The lowest BCUT2D eigenvalue weighted by atomic mass is 9.97. The number of urea groups is 1. The van der Waals surface area contributed by atoms with Gasteiger partial charge in [-0.15, -0.1) is 5.10 Å². The van der Waals surface area contributed by atoms with Crippen LogP contribution in [0.5, 0.6) is 11.5 Å². The van der Waals surface area contributed by atoms with E-state index < -0.39 is 0 Å². The van der Waals surface area contributed by atoms with Gasteiger partial charge >= 0.3 is 6.03 Å². The quantitative estimate of drug-likeness (QED) is 0.925. The van der Waals surface area contributed by atoms with Crippen LogP contribution in [-0.4, -0.2) is 53.2 Å². The van der Waals surface area contributed by atoms with Crippen molar-refractivity contribution < 1.29 is 14.3 Å². The fourth-order valence-electron chi connectivity index (χ4n) is 2.95. The first-order valence-corrected chi connectivity index (χ1v) is 7.75. The van der Waals surface area contributed by atoms with Crippen LogP contribution in [0.2, 0.25) is 0 Å². The number of hydrogen-bond donors (Lipinski definition) is 1. The maximum absolute atomic E-state index is 12.4. The van der Waals surface area contributed by atoms with Crippen LogP contribution in [0.3, 0.4) is 0 Å². The molecule has 0 spiro atoms. The highest BCUT2D eigenvalue weighted by Crippen LogP contribution is 2.36. The van der Waals surface area contributed by atoms with E-state index in [0.29, 0.717) is 18.9 Å². The maximum Gasteiger partial charge on any atom is 0.323 e. The topological polar surface area (TPSA) is 81.5 Å². The van der Waals surface area contributed by atoms with Gasteiger partial charge in [0, 0.05) is 31.6 Å². The van der Waals surface area contributed by atoms with Crippen LogP contribution in [0.25, 0.3) is 0 Å². The van der Waals surface area contributed by atoms with Gasteiger partial charge < -0.3 is 14.4 Å². The number of carbonyl (C=O) groups is 1. The molecule has 1 saturated heterocycles. The van der Waals surface area contributed by atoms with E-state index >= 15 is 0 Å². The molecule has 0 aliphatic carbocycles. The van der Waals surface area contributed by atoms with Gasteiger partial charge in [0.25, 0.3) is 0 Å². The standard InChI is InChI=1S/C16H21N5O3/c1-20-10-15(18-19-20)17-16(22)21-7-6-11(9-21)13-8-12(23-2)4-5-14(13)24-3/h4-5,8,10-11H,6-7,9H2,1-3H3,(H,17,22)/t11-/m1/s1. The lowest BCUT2D eigenvalue weighted by molar-refractivity contribution is 0.222. The Morgan fingerprint density at radius 3 is 2.83 bits per heavy atom. The van der Waals surface area contributed by atoms with Gasteiger partial charge in [-0.05, 0) is 24.6 Å². The van der Waals surface area contributed by atoms with Gasteiger partial charge in [-0.1, -0.05) is 5.21 Å². The summed E-state index contributed by atoms with van der Waals surface area (Å²) in [6, 6.07) is 5.58. The molecule has 2 heterocycles. The van der Waals surface area contributed by atoms with E-state index in [4.69, 9.17) is 9.47 Å². The molecule has 3 rings (SSSR count). The summed E-state index contributed by atoms with van der Waals surface area (Å²) in [6.45, 7) is 1.30. The molecule has 8 heteroatoms. The first-order valence-electron chi connectivity index (χ1n) is 7.75. The van der Waals surface area contributed by atoms with Crippen LogP contribution in [-0.2, 0) is 7.05 Å². The monoisotopic (exact) mass is 331 g/mol. The summed E-state index contributed by atoms with van der Waals surface area (Å²) < 4.78 is 12.3. The Bertz CT molecular complexity index is 730. The average Bonchev–Trinajstić information content (AvgIpc) is 3.23. The highest BCUT2D eigenvalue weighted by molar-refractivity contribution is 5.88. The van der Waals surface area contributed by atoms with Gasteiger partial charge in [0.2, 0.25) is 0 Å². The van der Waals surface area contributed by atoms with Crippen molar-refractivity contribution in [3.05, 3.63) is 30.0 Å². The molecule has 0 saturated carbocycles. The molecule has 2 amide bonds. The van der Waals surface area contributed by atoms with Crippen molar-refractivity contribution >= 4 is 11.8 Å². The second-order valence-electron chi connectivity index (χ2n) is 5.75. The van der Waals surface area contributed by atoms with Crippen LogP contribution >= 0.6 is 0 Å². The van der Waals surface area contributed by atoms with Crippen LogP contribution in [0.4, 0.5) is 10.6 Å². The van der Waals surface area contributed by atoms with E-state index in [9.17, 15) is 4.79 Å². The largest absolute Gasteiger partial charge is 0.497 e. The molecule has 1 fully saturated rings. The Morgan fingerprint density at radius 2 is 2.17 bits per heavy atom. The Hall–Kier alpha value is -2.77. The minimum atomic E-state index is -0.167. The third-order valence-corrected chi connectivity index (χ3v) is 4.19. The zero-order chi connectivity index (χ0) is 17.1. The van der Waals surface area contributed by atoms with E-state index in [1.807, 2.05) is 18.2 Å². The zero-order valence-corrected chi connectivity index (χ0v) is 14.0. The average molecular weight is 331 g/mol. The Balaban J connectivity index is 1.69. The molecule has 0 unspecified atom stereocenters. The van der Waals surface area contributed by atoms with Crippen molar-refractivity contribution in [3.63, 3.8) is 0 Å². The Labute approximate surface area is 140 Å². The molecular formula is C16H21N5O3. The molecule has 0 bridgehead atoms. The molecule has 1 aliphatic rings. The van der Waals surface area contributed by atoms with Gasteiger partial charge in [0.1, 0.15) is 11.5 Å². The summed E-state index contributed by atoms with van der Waals surface area (Å²) in [6.07, 6.45) is 2.54. The van der Waals surface area contributed by atoms with E-state index in [1.54, 1.807) is 37.0 Å². The molecule has 24 heavy (non-hydrogen) atoms. The number of nitrogens with zero attached hydrogens (tertiary/aromatic N) is 4. The van der Waals surface area contributed by atoms with Gasteiger partial charge in [-0.2, -0.15) is 0 Å². The molecular weight excluding hydrogens is 310 g/mol. The highest BCUT2D eigenvalue weighted by atomic mass is 16.5. The fraction of sp³-hybridized carbons (Fsp3) is 0.438. The van der Waals surface area contributed by atoms with Crippen molar-refractivity contribution in [2.75, 3.05) is 32.6 Å². The molecule has 1 aromatic carbocycles. The number of rotatable bonds is 4. The second kappa shape index (κ2) is 6.77. The summed E-state index contributed by atoms with van der Waals surface area (Å²) in [5.41, 5.74) is 1.06. The predicted molar refractivity (Wildman–Crippen MR) is 88.5 cm³/mol. The van der Waals surface area contributed by atoms with Gasteiger partial charge in [0.15, 0.2) is 5.82 Å². The maximum atomic E-state index is 12.4. The normalized spacial score (nSPS) is 17.0. The predicted octanol–water partition coefficient (Wildman–Crippen LogP) is 1.85. The summed E-state index contributed by atoms with van der Waals surface area (Å²) >= 11 is 0. The number of hydrogen-bond acceptors (Lipinski definition) is 5. The fourth-order valence-corrected chi connectivity index (χ4v) is 2.95. The number of aromatic nitrogens is 3. The first kappa shape index (κ1) is 16.1. The molecule has 2 aromatic rings. The minimum absolute atomic E-state index is 0.167. The molecule has 1 aliphatic heterocycles. The number of likely N-dealkylation sites (tertiary alicyclic amines) is 1. The van der Waals surface area contributed by atoms with E-state index in [1.165, 1.54) is 0 Å². The van der Waals surface area contributed by atoms with Crippen molar-refractivity contribution in [1.29, 1.82) is 0 Å². The third kappa shape index (κ3) is 3.27. The van der Waals surface area contributed by atoms with Crippen LogP contribution in [0, 0.1) is 0 Å². The van der Waals surface area contributed by atoms with Crippen LogP contribution < -0.4 is 14.8 Å². The molecule has 8 nitrogen and oxygen atoms in total. The highest BCUT2D eigenvalue weighted by Gasteiger charge is 2.29. The van der Waals surface area contributed by atoms with Gasteiger partial charge in [-0.25, -0.2) is 4.79 Å². The molecule has 1 aromatic heterocycles. The number of benzene rings is 1. The summed E-state index contributed by atoms with van der Waals surface area (Å²) in [4.78, 5) is 14.1.